The summed E-state index contributed by atoms with van der Waals surface area (Å²) in [5.74, 6) is -0.657. The predicted molar refractivity (Wildman–Crippen MR) is 119 cm³/mol. The summed E-state index contributed by atoms with van der Waals surface area (Å²) in [5.41, 5.74) is 3.81. The summed E-state index contributed by atoms with van der Waals surface area (Å²) in [6.07, 6.45) is 0.283. The summed E-state index contributed by atoms with van der Waals surface area (Å²) in [6.45, 7) is 0.786. The molecule has 1 aliphatic rings. The molecule has 3 N–H and O–H groups in total. The molecule has 0 spiro atoms. The molecule has 0 saturated heterocycles. The second-order valence-corrected chi connectivity index (χ2v) is 8.04. The number of nitrogens with one attached hydrogen (secondary N) is 2. The third-order valence-corrected chi connectivity index (χ3v) is 5.61. The van der Waals surface area contributed by atoms with Gasteiger partial charge < -0.3 is 25.2 Å². The van der Waals surface area contributed by atoms with Gasteiger partial charge in [0.15, 0.2) is 0 Å². The average Bonchev–Trinajstić information content (AvgIpc) is 3.15. The van der Waals surface area contributed by atoms with E-state index in [0.717, 1.165) is 22.4 Å². The molecule has 9 heteroatoms. The van der Waals surface area contributed by atoms with Gasteiger partial charge in [-0.25, -0.2) is 4.98 Å². The monoisotopic (exact) mass is 435 g/mol. The van der Waals surface area contributed by atoms with E-state index in [-0.39, 0.29) is 18.2 Å². The first-order valence-electron chi connectivity index (χ1n) is 10.4. The van der Waals surface area contributed by atoms with Gasteiger partial charge in [-0.05, 0) is 35.9 Å². The molecule has 0 aliphatic carbocycles. The van der Waals surface area contributed by atoms with Crippen molar-refractivity contribution in [3.05, 3.63) is 59.4 Å². The zero-order valence-electron chi connectivity index (χ0n) is 18.0. The number of aromatic nitrogens is 2. The largest absolute Gasteiger partial charge is 0.481 e. The van der Waals surface area contributed by atoms with Crippen LogP contribution in [0.5, 0.6) is 0 Å². The number of fused-ring (bicyclic) bond motifs is 2. The standard InChI is InChI=1S/C23H25N5O4/c1-27(10-9-20-25-17-5-3-4-6-18(17)26-20)22(31)14-7-8-16-15(11-14)13-28(2)23(32)19(24-16)12-21(29)30/h3-8,11,19,24H,9-10,12-13H2,1-2H3,(H,25,26)(H,29,30). The molecular weight excluding hydrogens is 410 g/mol. The maximum Gasteiger partial charge on any atom is 0.305 e. The molecule has 2 heterocycles. The van der Waals surface area contributed by atoms with Crippen molar-refractivity contribution >= 4 is 34.5 Å². The Bertz CT molecular complexity index is 1160. The molecule has 1 aromatic heterocycles. The second-order valence-electron chi connectivity index (χ2n) is 8.04. The lowest BCUT2D eigenvalue weighted by atomic mass is 10.1. The fourth-order valence-electron chi connectivity index (χ4n) is 3.88. The lowest BCUT2D eigenvalue weighted by Gasteiger charge is -2.19. The summed E-state index contributed by atoms with van der Waals surface area (Å²) in [5, 5.41) is 12.1. The number of benzene rings is 2. The highest BCUT2D eigenvalue weighted by molar-refractivity contribution is 5.95. The Hall–Kier alpha value is -3.88. The van der Waals surface area contributed by atoms with E-state index in [2.05, 4.69) is 15.3 Å². The number of amides is 2. The van der Waals surface area contributed by atoms with E-state index in [4.69, 9.17) is 5.11 Å². The predicted octanol–water partition coefficient (Wildman–Crippen LogP) is 2.10. The van der Waals surface area contributed by atoms with Crippen LogP contribution in [0, 0.1) is 0 Å². The van der Waals surface area contributed by atoms with E-state index in [0.29, 0.717) is 30.8 Å². The van der Waals surface area contributed by atoms with Crippen molar-refractivity contribution in [3.8, 4) is 0 Å². The Morgan fingerprint density at radius 2 is 2.03 bits per heavy atom. The SMILES string of the molecule is CN(CCc1nc2ccccc2[nH]1)C(=O)c1ccc2c(c1)CN(C)C(=O)C(CC(=O)O)N2. The van der Waals surface area contributed by atoms with Gasteiger partial charge in [-0.2, -0.15) is 0 Å². The third-order valence-electron chi connectivity index (χ3n) is 5.61. The van der Waals surface area contributed by atoms with Crippen molar-refractivity contribution in [1.29, 1.82) is 0 Å². The number of likely N-dealkylation sites (N-methyl/N-ethyl adjacent to an activating group) is 2. The number of aliphatic carboxylic acids is 1. The van der Waals surface area contributed by atoms with Gasteiger partial charge in [0.05, 0.1) is 17.5 Å². The third kappa shape index (κ3) is 4.41. The normalized spacial score (nSPS) is 15.8. The van der Waals surface area contributed by atoms with E-state index >= 15 is 0 Å². The quantitative estimate of drug-likeness (QED) is 0.546. The molecule has 9 nitrogen and oxygen atoms in total. The van der Waals surface area contributed by atoms with Crippen LogP contribution in [0.15, 0.2) is 42.5 Å². The van der Waals surface area contributed by atoms with Crippen LogP contribution in [0.1, 0.15) is 28.2 Å². The molecule has 3 aromatic rings. The molecule has 0 fully saturated rings. The Labute approximate surface area is 185 Å². The van der Waals surface area contributed by atoms with Crippen LogP contribution >= 0.6 is 0 Å². The number of carboxylic acid groups (broad SMARTS) is 1. The molecule has 2 aromatic carbocycles. The number of imidazole rings is 1. The summed E-state index contributed by atoms with van der Waals surface area (Å²) in [7, 11) is 3.37. The summed E-state index contributed by atoms with van der Waals surface area (Å²) in [6, 6.07) is 12.1. The minimum atomic E-state index is -1.05. The van der Waals surface area contributed by atoms with Crippen LogP contribution in [0.25, 0.3) is 11.0 Å². The van der Waals surface area contributed by atoms with Gasteiger partial charge >= 0.3 is 5.97 Å². The first kappa shape index (κ1) is 21.4. The van der Waals surface area contributed by atoms with Crippen molar-refractivity contribution in [2.24, 2.45) is 0 Å². The topological polar surface area (TPSA) is 119 Å². The summed E-state index contributed by atoms with van der Waals surface area (Å²) >= 11 is 0. The second kappa shape index (κ2) is 8.70. The number of carbonyl (C=O) groups is 3. The number of para-hydroxylation sites is 2. The van der Waals surface area contributed by atoms with Crippen LogP contribution in [0.3, 0.4) is 0 Å². The zero-order chi connectivity index (χ0) is 22.8. The molecule has 0 radical (unpaired) electrons. The van der Waals surface area contributed by atoms with Crippen molar-refractivity contribution < 1.29 is 19.5 Å². The van der Waals surface area contributed by atoms with Gasteiger partial charge in [-0.3, -0.25) is 14.4 Å². The van der Waals surface area contributed by atoms with Crippen LogP contribution in [-0.2, 0) is 22.6 Å². The molecule has 2 amide bonds. The minimum Gasteiger partial charge on any atom is -0.481 e. The molecule has 1 atom stereocenters. The van der Waals surface area contributed by atoms with Gasteiger partial charge in [-0.15, -0.1) is 0 Å². The van der Waals surface area contributed by atoms with E-state index in [1.54, 1.807) is 37.2 Å². The Balaban J connectivity index is 1.46. The van der Waals surface area contributed by atoms with Crippen molar-refractivity contribution in [2.45, 2.75) is 25.4 Å². The molecule has 0 bridgehead atoms. The molecule has 32 heavy (non-hydrogen) atoms. The van der Waals surface area contributed by atoms with Gasteiger partial charge in [0, 0.05) is 44.9 Å². The zero-order valence-corrected chi connectivity index (χ0v) is 18.0. The fraction of sp³-hybridized carbons (Fsp3) is 0.304. The minimum absolute atomic E-state index is 0.135. The number of hydrogen-bond acceptors (Lipinski definition) is 5. The van der Waals surface area contributed by atoms with Crippen molar-refractivity contribution in [3.63, 3.8) is 0 Å². The number of rotatable bonds is 6. The molecule has 166 valence electrons. The number of carbonyl (C=O) groups excluding carboxylic acids is 2. The van der Waals surface area contributed by atoms with Crippen LogP contribution < -0.4 is 5.32 Å². The number of hydrogen-bond donors (Lipinski definition) is 3. The lowest BCUT2D eigenvalue weighted by Crippen LogP contribution is -2.39. The molecular formula is C23H25N5O4. The smallest absolute Gasteiger partial charge is 0.305 e. The number of H-pyrrole nitrogens is 1. The molecule has 4 rings (SSSR count). The van der Waals surface area contributed by atoms with E-state index in [1.807, 2.05) is 24.3 Å². The molecule has 1 aliphatic heterocycles. The van der Waals surface area contributed by atoms with Crippen molar-refractivity contribution in [2.75, 3.05) is 26.0 Å². The Morgan fingerprint density at radius 1 is 1.25 bits per heavy atom. The number of aromatic amines is 1. The van der Waals surface area contributed by atoms with Crippen molar-refractivity contribution in [1.82, 2.24) is 19.8 Å². The van der Waals surface area contributed by atoms with Crippen LogP contribution in [-0.4, -0.2) is 69.3 Å². The summed E-state index contributed by atoms with van der Waals surface area (Å²) < 4.78 is 0. The lowest BCUT2D eigenvalue weighted by molar-refractivity contribution is -0.141. The maximum atomic E-state index is 13.0. The van der Waals surface area contributed by atoms with E-state index in [1.165, 1.54) is 4.90 Å². The van der Waals surface area contributed by atoms with Gasteiger partial charge in [-0.1, -0.05) is 12.1 Å². The van der Waals surface area contributed by atoms with Gasteiger partial charge in [0.2, 0.25) is 5.91 Å². The van der Waals surface area contributed by atoms with E-state index < -0.39 is 12.0 Å². The highest BCUT2D eigenvalue weighted by Gasteiger charge is 2.29. The fourth-order valence-corrected chi connectivity index (χ4v) is 3.88. The Kier molecular flexibility index (Phi) is 5.81. The van der Waals surface area contributed by atoms with Crippen LogP contribution in [0.4, 0.5) is 5.69 Å². The highest BCUT2D eigenvalue weighted by Crippen LogP contribution is 2.25. The average molecular weight is 435 g/mol. The molecule has 1 unspecified atom stereocenters. The van der Waals surface area contributed by atoms with Gasteiger partial charge in [0.1, 0.15) is 11.9 Å². The first-order valence-corrected chi connectivity index (χ1v) is 10.4. The number of anilines is 1. The number of nitrogens with zero attached hydrogens (tertiary/aromatic N) is 3. The molecule has 0 saturated carbocycles. The maximum absolute atomic E-state index is 13.0. The Morgan fingerprint density at radius 3 is 2.78 bits per heavy atom. The highest BCUT2D eigenvalue weighted by atomic mass is 16.4. The first-order chi connectivity index (χ1) is 15.3. The summed E-state index contributed by atoms with van der Waals surface area (Å²) in [4.78, 5) is 47.5. The van der Waals surface area contributed by atoms with Gasteiger partial charge in [0.25, 0.3) is 5.91 Å². The number of carboxylic acids is 1. The van der Waals surface area contributed by atoms with E-state index in [9.17, 15) is 14.4 Å². The van der Waals surface area contributed by atoms with Crippen LogP contribution in [0.2, 0.25) is 0 Å².